The highest BCUT2D eigenvalue weighted by molar-refractivity contribution is 5.34. The van der Waals surface area contributed by atoms with Gasteiger partial charge in [-0.15, -0.1) is 5.73 Å². The van der Waals surface area contributed by atoms with Crippen LogP contribution in [0.3, 0.4) is 0 Å². The van der Waals surface area contributed by atoms with E-state index < -0.39 is 28.7 Å². The number of nitro benzene ring substituents is 1. The maximum Gasteiger partial charge on any atom is 0.269 e. The first-order chi connectivity index (χ1) is 13.7. The van der Waals surface area contributed by atoms with Crippen molar-refractivity contribution in [3.8, 4) is 5.75 Å². The third-order valence-electron chi connectivity index (χ3n) is 4.58. The van der Waals surface area contributed by atoms with Gasteiger partial charge in [0.1, 0.15) is 0 Å². The van der Waals surface area contributed by atoms with Gasteiger partial charge in [0.2, 0.25) is 0 Å². The fourth-order valence-electron chi connectivity index (χ4n) is 2.77. The molecular formula is C22H24FNO5. The third-order valence-corrected chi connectivity index (χ3v) is 4.58. The van der Waals surface area contributed by atoms with Crippen LogP contribution in [-0.2, 0) is 0 Å². The molecule has 2 aromatic carbocycles. The first-order valence-corrected chi connectivity index (χ1v) is 9.21. The number of aliphatic hydroxyl groups is 2. The molecule has 2 atom stereocenters. The second-order valence-electron chi connectivity index (χ2n) is 7.06. The summed E-state index contributed by atoms with van der Waals surface area (Å²) in [6.07, 6.45) is 0.313. The number of benzene rings is 2. The molecule has 0 aliphatic heterocycles. The van der Waals surface area contributed by atoms with Gasteiger partial charge in [0.25, 0.3) is 5.69 Å². The second kappa shape index (κ2) is 9.98. The molecule has 0 heterocycles. The highest BCUT2D eigenvalue weighted by atomic mass is 19.1. The van der Waals surface area contributed by atoms with Crippen LogP contribution in [0.2, 0.25) is 0 Å². The lowest BCUT2D eigenvalue weighted by atomic mass is 9.94. The maximum absolute atomic E-state index is 13.4. The minimum absolute atomic E-state index is 0.0415. The van der Waals surface area contributed by atoms with Crippen molar-refractivity contribution in [1.29, 1.82) is 0 Å². The van der Waals surface area contributed by atoms with Gasteiger partial charge in [-0.3, -0.25) is 10.1 Å². The van der Waals surface area contributed by atoms with Gasteiger partial charge in [-0.1, -0.05) is 19.9 Å². The first kappa shape index (κ1) is 22.3. The Labute approximate surface area is 168 Å². The van der Waals surface area contributed by atoms with Gasteiger partial charge >= 0.3 is 0 Å². The van der Waals surface area contributed by atoms with Crippen molar-refractivity contribution in [3.05, 3.63) is 86.9 Å². The Kier molecular flexibility index (Phi) is 7.67. The Bertz CT molecular complexity index is 917. The van der Waals surface area contributed by atoms with E-state index in [0.29, 0.717) is 11.1 Å². The molecule has 0 radical (unpaired) electrons. The van der Waals surface area contributed by atoms with Crippen molar-refractivity contribution in [2.75, 3.05) is 0 Å². The number of aliphatic hydroxyl groups excluding tert-OH is 2. The van der Waals surface area contributed by atoms with E-state index in [2.05, 4.69) is 5.73 Å². The predicted octanol–water partition coefficient (Wildman–Crippen LogP) is 4.72. The summed E-state index contributed by atoms with van der Waals surface area (Å²) in [6, 6.07) is 9.46. The van der Waals surface area contributed by atoms with Crippen LogP contribution in [0.4, 0.5) is 10.1 Å². The van der Waals surface area contributed by atoms with Crippen LogP contribution in [0.25, 0.3) is 0 Å². The normalized spacial score (nSPS) is 12.9. The van der Waals surface area contributed by atoms with E-state index in [1.54, 1.807) is 6.08 Å². The molecule has 7 heteroatoms. The fraction of sp³-hybridized carbons (Fsp3) is 0.318. The van der Waals surface area contributed by atoms with Crippen LogP contribution < -0.4 is 0 Å². The van der Waals surface area contributed by atoms with Crippen LogP contribution in [0, 0.1) is 21.8 Å². The summed E-state index contributed by atoms with van der Waals surface area (Å²) in [7, 11) is 0. The minimum atomic E-state index is -0.953. The molecule has 0 saturated heterocycles. The monoisotopic (exact) mass is 401 g/mol. The number of hydrogen-bond acceptors (Lipinski definition) is 5. The first-order valence-electron chi connectivity index (χ1n) is 9.21. The Hall–Kier alpha value is -2.99. The summed E-state index contributed by atoms with van der Waals surface area (Å²) in [6.45, 7) is 3.90. The molecule has 6 nitrogen and oxygen atoms in total. The number of phenols is 1. The van der Waals surface area contributed by atoms with Crippen LogP contribution in [-0.4, -0.2) is 20.2 Å². The minimum Gasteiger partial charge on any atom is -0.505 e. The van der Waals surface area contributed by atoms with Gasteiger partial charge in [-0.25, -0.2) is 4.39 Å². The van der Waals surface area contributed by atoms with E-state index in [-0.39, 0.29) is 24.4 Å². The van der Waals surface area contributed by atoms with Crippen LogP contribution in [0.5, 0.6) is 5.75 Å². The largest absolute Gasteiger partial charge is 0.505 e. The van der Waals surface area contributed by atoms with E-state index in [4.69, 9.17) is 0 Å². The summed E-state index contributed by atoms with van der Waals surface area (Å²) < 4.78 is 13.4. The highest BCUT2D eigenvalue weighted by Crippen LogP contribution is 2.27. The molecule has 3 N–H and O–H groups in total. The number of halogens is 1. The maximum atomic E-state index is 13.4. The van der Waals surface area contributed by atoms with Crippen LogP contribution in [0.1, 0.15) is 50.0 Å². The SMILES string of the molecule is CC(C)C(=C=CC[C@@H](O)c1ccc(O)c(F)c1)C[C@@H](O)c1ccc([N+](=O)[O-])cc1. The topological polar surface area (TPSA) is 104 Å². The van der Waals surface area contributed by atoms with Gasteiger partial charge in [0, 0.05) is 25.0 Å². The number of aromatic hydroxyl groups is 1. The van der Waals surface area contributed by atoms with E-state index in [1.807, 2.05) is 13.8 Å². The molecule has 0 amide bonds. The van der Waals surface area contributed by atoms with Gasteiger partial charge in [-0.2, -0.15) is 0 Å². The molecule has 0 saturated carbocycles. The molecule has 0 fully saturated rings. The van der Waals surface area contributed by atoms with Gasteiger partial charge in [0.05, 0.1) is 17.1 Å². The molecule has 2 aromatic rings. The number of nitro groups is 1. The number of hydrogen-bond donors (Lipinski definition) is 3. The molecule has 2 rings (SSSR count). The number of non-ortho nitro benzene ring substituents is 1. The average Bonchev–Trinajstić information content (AvgIpc) is 2.68. The van der Waals surface area contributed by atoms with Crippen molar-refractivity contribution in [2.45, 2.75) is 38.9 Å². The van der Waals surface area contributed by atoms with E-state index in [1.165, 1.54) is 36.4 Å². The Morgan fingerprint density at radius 2 is 1.76 bits per heavy atom. The highest BCUT2D eigenvalue weighted by Gasteiger charge is 2.14. The summed E-state index contributed by atoms with van der Waals surface area (Å²) in [5.74, 6) is -1.18. The zero-order valence-corrected chi connectivity index (χ0v) is 16.2. The second-order valence-corrected chi connectivity index (χ2v) is 7.06. The lowest BCUT2D eigenvalue weighted by Crippen LogP contribution is -2.03. The summed E-state index contributed by atoms with van der Waals surface area (Å²) in [5.41, 5.74) is 4.78. The molecule has 0 aromatic heterocycles. The van der Waals surface area contributed by atoms with Crippen molar-refractivity contribution in [3.63, 3.8) is 0 Å². The molecule has 29 heavy (non-hydrogen) atoms. The fourth-order valence-corrected chi connectivity index (χ4v) is 2.77. The summed E-state index contributed by atoms with van der Waals surface area (Å²) in [4.78, 5) is 10.2. The lowest BCUT2D eigenvalue weighted by molar-refractivity contribution is -0.384. The average molecular weight is 401 g/mol. The number of phenolic OH excluding ortho intramolecular Hbond substituents is 1. The van der Waals surface area contributed by atoms with Crippen LogP contribution in [0.15, 0.2) is 59.8 Å². The van der Waals surface area contributed by atoms with Gasteiger partial charge in [0.15, 0.2) is 11.6 Å². The Balaban J connectivity index is 2.09. The molecule has 154 valence electrons. The van der Waals surface area contributed by atoms with Gasteiger partial charge in [-0.05, 0) is 53.0 Å². The molecular weight excluding hydrogens is 377 g/mol. The van der Waals surface area contributed by atoms with E-state index >= 15 is 0 Å². The third kappa shape index (κ3) is 6.26. The number of rotatable bonds is 8. The zero-order valence-electron chi connectivity index (χ0n) is 16.2. The summed E-state index contributed by atoms with van der Waals surface area (Å²) in [5, 5.41) is 40.6. The smallest absolute Gasteiger partial charge is 0.269 e. The number of nitrogens with zero attached hydrogens (tertiary/aromatic N) is 1. The molecule has 0 aliphatic carbocycles. The van der Waals surface area contributed by atoms with Gasteiger partial charge < -0.3 is 15.3 Å². The molecule has 0 unspecified atom stereocenters. The molecule has 0 spiro atoms. The summed E-state index contributed by atoms with van der Waals surface area (Å²) >= 11 is 0. The lowest BCUT2D eigenvalue weighted by Gasteiger charge is -2.15. The quantitative estimate of drug-likeness (QED) is 0.337. The van der Waals surface area contributed by atoms with Crippen molar-refractivity contribution < 1.29 is 24.6 Å². The van der Waals surface area contributed by atoms with E-state index in [9.17, 15) is 29.8 Å². The van der Waals surface area contributed by atoms with Crippen molar-refractivity contribution in [2.24, 2.45) is 5.92 Å². The van der Waals surface area contributed by atoms with Crippen LogP contribution >= 0.6 is 0 Å². The molecule has 0 aliphatic rings. The standard InChI is InChI=1S/C22H24FNO5/c1-14(2)16(13-22(27)15-6-9-18(10-7-15)24(28)29)4-3-5-20(25)17-8-11-21(26)19(23)12-17/h3,6-12,14,20,22,25-27H,5,13H2,1-2H3/t4?,20-,22-/m1/s1. The molecule has 0 bridgehead atoms. The van der Waals surface area contributed by atoms with E-state index in [0.717, 1.165) is 11.6 Å². The predicted molar refractivity (Wildman–Crippen MR) is 107 cm³/mol. The van der Waals surface area contributed by atoms with Crippen molar-refractivity contribution >= 4 is 5.69 Å². The van der Waals surface area contributed by atoms with Crippen molar-refractivity contribution in [1.82, 2.24) is 0 Å². The Morgan fingerprint density at radius 1 is 1.14 bits per heavy atom. The Morgan fingerprint density at radius 3 is 2.31 bits per heavy atom. The zero-order chi connectivity index (χ0) is 21.6.